The molecular weight excluding hydrogens is 284 g/mol. The number of methoxy groups -OCH3 is 1. The Kier molecular flexibility index (Phi) is 6.21. The van der Waals surface area contributed by atoms with Crippen LogP contribution in [0.4, 0.5) is 0 Å². The van der Waals surface area contributed by atoms with Crippen LogP contribution in [-0.2, 0) is 14.3 Å². The minimum Gasteiger partial charge on any atom is -0.493 e. The number of hydrogen-bond donors (Lipinski definition) is 0. The van der Waals surface area contributed by atoms with Crippen molar-refractivity contribution in [3.05, 3.63) is 23.8 Å². The van der Waals surface area contributed by atoms with Crippen molar-refractivity contribution in [1.82, 2.24) is 0 Å². The lowest BCUT2D eigenvalue weighted by molar-refractivity contribution is -0.149. The van der Waals surface area contributed by atoms with E-state index < -0.39 is 12.1 Å². The molecule has 1 aromatic rings. The van der Waals surface area contributed by atoms with Gasteiger partial charge in [-0.15, -0.1) is 0 Å². The highest BCUT2D eigenvalue weighted by Crippen LogP contribution is 2.28. The van der Waals surface area contributed by atoms with E-state index in [1.807, 2.05) is 19.1 Å². The van der Waals surface area contributed by atoms with Crippen molar-refractivity contribution in [3.63, 3.8) is 0 Å². The lowest BCUT2D eigenvalue weighted by Gasteiger charge is -2.23. The Balaban J connectivity index is 1.85. The second kappa shape index (κ2) is 8.15. The zero-order valence-corrected chi connectivity index (χ0v) is 13.5. The molecule has 1 aliphatic rings. The molecule has 22 heavy (non-hydrogen) atoms. The molecule has 0 aromatic heterocycles. The fourth-order valence-corrected chi connectivity index (χ4v) is 2.31. The quantitative estimate of drug-likeness (QED) is 0.597. The van der Waals surface area contributed by atoms with E-state index >= 15 is 0 Å². The molecule has 2 atom stereocenters. The normalized spacial score (nSPS) is 19.5. The van der Waals surface area contributed by atoms with E-state index in [1.165, 1.54) is 0 Å². The highest BCUT2D eigenvalue weighted by Gasteiger charge is 2.21. The van der Waals surface area contributed by atoms with E-state index in [2.05, 4.69) is 0 Å². The predicted octanol–water partition coefficient (Wildman–Crippen LogP) is 2.88. The third-order valence-corrected chi connectivity index (χ3v) is 3.67. The van der Waals surface area contributed by atoms with Crippen molar-refractivity contribution in [2.75, 3.05) is 20.3 Å². The van der Waals surface area contributed by atoms with Gasteiger partial charge < -0.3 is 18.9 Å². The smallest absolute Gasteiger partial charge is 0.340 e. The lowest BCUT2D eigenvalue weighted by atomic mass is 10.1. The van der Waals surface area contributed by atoms with Crippen LogP contribution < -0.4 is 9.47 Å². The van der Waals surface area contributed by atoms with Gasteiger partial charge in [0.2, 0.25) is 0 Å². The molecule has 0 N–H and O–H groups in total. The minimum atomic E-state index is -0.642. The average molecular weight is 308 g/mol. The molecule has 0 radical (unpaired) electrons. The van der Waals surface area contributed by atoms with Crippen molar-refractivity contribution in [1.29, 1.82) is 0 Å². The molecule has 122 valence electrons. The first-order valence-corrected chi connectivity index (χ1v) is 7.69. The molecule has 1 fully saturated rings. The summed E-state index contributed by atoms with van der Waals surface area (Å²) >= 11 is 0. The summed E-state index contributed by atoms with van der Waals surface area (Å²) in [4.78, 5) is 12.1. The summed E-state index contributed by atoms with van der Waals surface area (Å²) < 4.78 is 21.7. The van der Waals surface area contributed by atoms with E-state index in [-0.39, 0.29) is 6.10 Å². The van der Waals surface area contributed by atoms with Gasteiger partial charge in [-0.1, -0.05) is 6.07 Å². The van der Waals surface area contributed by atoms with Crippen molar-refractivity contribution in [2.45, 2.75) is 45.3 Å². The topological polar surface area (TPSA) is 54.0 Å². The van der Waals surface area contributed by atoms with Gasteiger partial charge in [0.25, 0.3) is 0 Å². The second-order valence-corrected chi connectivity index (χ2v) is 5.54. The number of carbonyl (C=O) groups is 1. The molecule has 0 amide bonds. The number of ether oxygens (including phenoxy) is 4. The van der Waals surface area contributed by atoms with Gasteiger partial charge in [0.1, 0.15) is 0 Å². The lowest BCUT2D eigenvalue weighted by Crippen LogP contribution is -2.31. The van der Waals surface area contributed by atoms with Crippen LogP contribution in [0.5, 0.6) is 11.5 Å². The number of benzene rings is 1. The highest BCUT2D eigenvalue weighted by atomic mass is 16.6. The van der Waals surface area contributed by atoms with Crippen molar-refractivity contribution in [2.24, 2.45) is 0 Å². The molecule has 1 aliphatic heterocycles. The Morgan fingerprint density at radius 1 is 1.36 bits per heavy atom. The summed E-state index contributed by atoms with van der Waals surface area (Å²) in [7, 11) is 1.55. The third-order valence-electron chi connectivity index (χ3n) is 3.67. The zero-order valence-electron chi connectivity index (χ0n) is 13.5. The van der Waals surface area contributed by atoms with Gasteiger partial charge in [-0.2, -0.15) is 0 Å². The van der Waals surface area contributed by atoms with Crippen LogP contribution in [0, 0.1) is 6.92 Å². The first kappa shape index (κ1) is 16.8. The maximum atomic E-state index is 12.1. The maximum absolute atomic E-state index is 12.1. The van der Waals surface area contributed by atoms with Crippen LogP contribution in [0.2, 0.25) is 0 Å². The monoisotopic (exact) mass is 308 g/mol. The van der Waals surface area contributed by atoms with Gasteiger partial charge in [0.05, 0.1) is 19.8 Å². The molecule has 1 heterocycles. The molecule has 1 aromatic carbocycles. The number of aryl methyl sites for hydroxylation is 1. The average Bonchev–Trinajstić information content (AvgIpc) is 2.55. The predicted molar refractivity (Wildman–Crippen MR) is 82.4 cm³/mol. The van der Waals surface area contributed by atoms with E-state index in [9.17, 15) is 4.79 Å². The Hall–Kier alpha value is -1.59. The first-order valence-electron chi connectivity index (χ1n) is 7.69. The van der Waals surface area contributed by atoms with Crippen LogP contribution >= 0.6 is 0 Å². The summed E-state index contributed by atoms with van der Waals surface area (Å²) in [5, 5.41) is 0. The Labute approximate surface area is 131 Å². The summed E-state index contributed by atoms with van der Waals surface area (Å²) in [5.74, 6) is 0.511. The maximum Gasteiger partial charge on any atom is 0.340 e. The largest absolute Gasteiger partial charge is 0.493 e. The SMILES string of the molecule is COc1cc(C)ccc1OC(=O)C(C)OCC1CCCCO1. The number of esters is 1. The van der Waals surface area contributed by atoms with Crippen LogP contribution in [-0.4, -0.2) is 38.5 Å². The standard InChI is InChI=1S/C17H24O5/c1-12-7-8-15(16(10-12)19-3)22-17(18)13(2)21-11-14-6-4-5-9-20-14/h7-8,10,13-14H,4-6,9,11H2,1-3H3. The number of hydrogen-bond acceptors (Lipinski definition) is 5. The molecule has 1 saturated heterocycles. The Bertz CT molecular complexity index is 494. The fourth-order valence-electron chi connectivity index (χ4n) is 2.31. The van der Waals surface area contributed by atoms with Crippen LogP contribution in [0.1, 0.15) is 31.7 Å². The Morgan fingerprint density at radius 2 is 2.18 bits per heavy atom. The van der Waals surface area contributed by atoms with Crippen LogP contribution in [0.3, 0.4) is 0 Å². The molecule has 5 nitrogen and oxygen atoms in total. The van der Waals surface area contributed by atoms with Gasteiger partial charge in [0.15, 0.2) is 17.6 Å². The summed E-state index contributed by atoms with van der Waals surface area (Å²) in [5.41, 5.74) is 1.04. The van der Waals surface area contributed by atoms with E-state index in [1.54, 1.807) is 20.1 Å². The van der Waals surface area contributed by atoms with Crippen molar-refractivity contribution in [3.8, 4) is 11.5 Å². The summed E-state index contributed by atoms with van der Waals surface area (Å²) in [6.45, 7) is 4.82. The van der Waals surface area contributed by atoms with Gasteiger partial charge in [-0.05, 0) is 50.8 Å². The second-order valence-electron chi connectivity index (χ2n) is 5.54. The molecule has 5 heteroatoms. The van der Waals surface area contributed by atoms with E-state index in [0.29, 0.717) is 18.1 Å². The van der Waals surface area contributed by atoms with Gasteiger partial charge in [-0.3, -0.25) is 0 Å². The number of carbonyl (C=O) groups excluding carboxylic acids is 1. The fraction of sp³-hybridized carbons (Fsp3) is 0.588. The van der Waals surface area contributed by atoms with E-state index in [0.717, 1.165) is 31.4 Å². The van der Waals surface area contributed by atoms with Gasteiger partial charge >= 0.3 is 5.97 Å². The molecule has 0 aliphatic carbocycles. The summed E-state index contributed by atoms with van der Waals surface area (Å²) in [6, 6.07) is 5.42. The highest BCUT2D eigenvalue weighted by molar-refractivity contribution is 5.77. The zero-order chi connectivity index (χ0) is 15.9. The first-order chi connectivity index (χ1) is 10.6. The molecule has 0 spiro atoms. The third kappa shape index (κ3) is 4.71. The van der Waals surface area contributed by atoms with Gasteiger partial charge in [-0.25, -0.2) is 4.79 Å². The molecule has 0 bridgehead atoms. The Morgan fingerprint density at radius 3 is 2.86 bits per heavy atom. The van der Waals surface area contributed by atoms with Crippen LogP contribution in [0.15, 0.2) is 18.2 Å². The van der Waals surface area contributed by atoms with Crippen LogP contribution in [0.25, 0.3) is 0 Å². The molecule has 0 saturated carbocycles. The van der Waals surface area contributed by atoms with Crippen molar-refractivity contribution < 1.29 is 23.7 Å². The summed E-state index contributed by atoms with van der Waals surface area (Å²) in [6.07, 6.45) is 2.66. The molecular formula is C17H24O5. The van der Waals surface area contributed by atoms with Crippen molar-refractivity contribution >= 4 is 5.97 Å². The molecule has 2 unspecified atom stereocenters. The minimum absolute atomic E-state index is 0.0814. The van der Waals surface area contributed by atoms with E-state index in [4.69, 9.17) is 18.9 Å². The number of rotatable bonds is 6. The molecule has 2 rings (SSSR count). The van der Waals surface area contributed by atoms with Gasteiger partial charge in [0, 0.05) is 6.61 Å².